The summed E-state index contributed by atoms with van der Waals surface area (Å²) >= 11 is 0. The van der Waals surface area contributed by atoms with Crippen LogP contribution in [0.5, 0.6) is 0 Å². The first-order valence-electron chi connectivity index (χ1n) is 8.58. The van der Waals surface area contributed by atoms with E-state index >= 15 is 0 Å². The zero-order valence-corrected chi connectivity index (χ0v) is 15.8. The maximum Gasteiger partial charge on any atom is 0.311 e. The van der Waals surface area contributed by atoms with E-state index in [4.69, 9.17) is 4.74 Å². The quantitative estimate of drug-likeness (QED) is 0.737. The van der Waals surface area contributed by atoms with E-state index in [2.05, 4.69) is 5.32 Å². The molecular formula is C18H25NO6S. The Morgan fingerprint density at radius 3 is 2.27 bits per heavy atom. The smallest absolute Gasteiger partial charge is 0.311 e. The summed E-state index contributed by atoms with van der Waals surface area (Å²) in [7, 11) is -3.34. The number of amides is 1. The largest absolute Gasteiger partial charge is 0.481 e. The van der Waals surface area contributed by atoms with Crippen molar-refractivity contribution in [2.45, 2.75) is 43.3 Å². The first-order valence-corrected chi connectivity index (χ1v) is 10.1. The van der Waals surface area contributed by atoms with E-state index in [-0.39, 0.29) is 23.8 Å². The molecule has 1 fully saturated rings. The lowest BCUT2D eigenvalue weighted by Gasteiger charge is -2.33. The van der Waals surface area contributed by atoms with Gasteiger partial charge in [-0.3, -0.25) is 9.59 Å². The molecule has 2 N–H and O–H groups in total. The molecule has 144 valence electrons. The van der Waals surface area contributed by atoms with Crippen LogP contribution >= 0.6 is 0 Å². The Morgan fingerprint density at radius 2 is 1.77 bits per heavy atom. The van der Waals surface area contributed by atoms with Crippen molar-refractivity contribution < 1.29 is 27.9 Å². The lowest BCUT2D eigenvalue weighted by molar-refractivity contribution is -0.154. The molecule has 0 radical (unpaired) electrons. The molecule has 1 heterocycles. The van der Waals surface area contributed by atoms with Crippen molar-refractivity contribution in [1.82, 2.24) is 5.32 Å². The Bertz CT molecular complexity index is 748. The molecule has 1 aliphatic heterocycles. The number of carbonyl (C=O) groups excluding carboxylic acids is 1. The van der Waals surface area contributed by atoms with Gasteiger partial charge >= 0.3 is 5.97 Å². The van der Waals surface area contributed by atoms with Gasteiger partial charge in [-0.15, -0.1) is 0 Å². The summed E-state index contributed by atoms with van der Waals surface area (Å²) < 4.78 is 29.4. The highest BCUT2D eigenvalue weighted by atomic mass is 32.2. The Balaban J connectivity index is 1.96. The summed E-state index contributed by atoms with van der Waals surface area (Å²) in [6.45, 7) is 4.03. The second kappa shape index (κ2) is 8.18. The van der Waals surface area contributed by atoms with Gasteiger partial charge in [0.1, 0.15) is 0 Å². The van der Waals surface area contributed by atoms with Gasteiger partial charge in [0.05, 0.1) is 22.0 Å². The number of aliphatic carboxylic acids is 1. The van der Waals surface area contributed by atoms with Crippen LogP contribution in [0.1, 0.15) is 32.3 Å². The Morgan fingerprint density at radius 1 is 1.19 bits per heavy atom. The number of carboxylic acid groups (broad SMARTS) is 1. The van der Waals surface area contributed by atoms with Gasteiger partial charge in [-0.2, -0.15) is 0 Å². The number of ether oxygens (including phenoxy) is 1. The van der Waals surface area contributed by atoms with Crippen molar-refractivity contribution >= 4 is 21.7 Å². The van der Waals surface area contributed by atoms with Gasteiger partial charge in [-0.1, -0.05) is 12.1 Å². The molecule has 1 aromatic carbocycles. The number of carbonyl (C=O) groups is 2. The lowest BCUT2D eigenvalue weighted by Crippen LogP contribution is -2.46. The Kier molecular flexibility index (Phi) is 6.41. The minimum Gasteiger partial charge on any atom is -0.481 e. The van der Waals surface area contributed by atoms with Crippen molar-refractivity contribution in [2.24, 2.45) is 5.41 Å². The number of hydrogen-bond acceptors (Lipinski definition) is 5. The van der Waals surface area contributed by atoms with E-state index in [0.29, 0.717) is 31.6 Å². The second-order valence-electron chi connectivity index (χ2n) is 6.89. The van der Waals surface area contributed by atoms with Crippen molar-refractivity contribution in [1.29, 1.82) is 0 Å². The van der Waals surface area contributed by atoms with Gasteiger partial charge in [0.15, 0.2) is 9.84 Å². The summed E-state index contributed by atoms with van der Waals surface area (Å²) in [5.74, 6) is -1.22. The molecule has 1 amide bonds. The normalized spacial score (nSPS) is 17.0. The van der Waals surface area contributed by atoms with Crippen LogP contribution in [0.15, 0.2) is 29.2 Å². The van der Waals surface area contributed by atoms with E-state index in [9.17, 15) is 23.1 Å². The van der Waals surface area contributed by atoms with E-state index in [1.165, 1.54) is 12.1 Å². The first kappa shape index (κ1) is 20.4. The minimum absolute atomic E-state index is 0.0599. The zero-order valence-electron chi connectivity index (χ0n) is 15.0. The molecule has 0 unspecified atom stereocenters. The van der Waals surface area contributed by atoms with Crippen LogP contribution in [-0.4, -0.2) is 50.4 Å². The van der Waals surface area contributed by atoms with E-state index in [1.807, 2.05) is 0 Å². The Hall–Kier alpha value is -1.93. The maximum absolute atomic E-state index is 12.2. The van der Waals surface area contributed by atoms with Crippen LogP contribution in [0.25, 0.3) is 0 Å². The van der Waals surface area contributed by atoms with Gasteiger partial charge in [-0.05, 0) is 44.4 Å². The minimum atomic E-state index is -3.34. The topological polar surface area (TPSA) is 110 Å². The fourth-order valence-electron chi connectivity index (χ4n) is 2.81. The van der Waals surface area contributed by atoms with Crippen molar-refractivity contribution in [3.63, 3.8) is 0 Å². The van der Waals surface area contributed by atoms with E-state index < -0.39 is 26.5 Å². The molecule has 0 bridgehead atoms. The van der Waals surface area contributed by atoms with Crippen LogP contribution in [0, 0.1) is 5.41 Å². The van der Waals surface area contributed by atoms with E-state index in [0.717, 1.165) is 0 Å². The summed E-state index contributed by atoms with van der Waals surface area (Å²) in [6, 6.07) is 6.21. The summed E-state index contributed by atoms with van der Waals surface area (Å²) in [6.07, 6.45) is 0.795. The number of rotatable bonds is 7. The van der Waals surface area contributed by atoms with Gasteiger partial charge in [0, 0.05) is 19.8 Å². The number of sulfone groups is 1. The SMILES string of the molecule is CC(C)S(=O)(=O)c1ccc(CC(=O)NCC2(C(=O)O)CCOCC2)cc1. The average molecular weight is 383 g/mol. The van der Waals surface area contributed by atoms with Gasteiger partial charge in [-0.25, -0.2) is 8.42 Å². The van der Waals surface area contributed by atoms with E-state index in [1.54, 1.807) is 26.0 Å². The predicted octanol–water partition coefficient (Wildman–Crippen LogP) is 1.41. The first-order chi connectivity index (χ1) is 12.2. The zero-order chi connectivity index (χ0) is 19.4. The molecule has 0 saturated carbocycles. The third kappa shape index (κ3) is 4.62. The monoisotopic (exact) mass is 383 g/mol. The Labute approximate surface area is 153 Å². The third-order valence-electron chi connectivity index (χ3n) is 4.76. The molecule has 0 spiro atoms. The molecule has 2 rings (SSSR count). The molecule has 0 aromatic heterocycles. The summed E-state index contributed by atoms with van der Waals surface area (Å²) in [5.41, 5.74) is -0.315. The molecule has 0 atom stereocenters. The van der Waals surface area contributed by atoms with Crippen LogP contribution in [0.4, 0.5) is 0 Å². The summed E-state index contributed by atoms with van der Waals surface area (Å²) in [5, 5.41) is 11.7. The highest BCUT2D eigenvalue weighted by Gasteiger charge is 2.40. The van der Waals surface area contributed by atoms with Crippen LogP contribution in [-0.2, 0) is 30.6 Å². The summed E-state index contributed by atoms with van der Waals surface area (Å²) in [4.78, 5) is 24.0. The lowest BCUT2D eigenvalue weighted by atomic mass is 9.80. The van der Waals surface area contributed by atoms with Gasteiger partial charge < -0.3 is 15.2 Å². The number of hydrogen-bond donors (Lipinski definition) is 2. The van der Waals surface area contributed by atoms with Crippen LogP contribution in [0.3, 0.4) is 0 Å². The highest BCUT2D eigenvalue weighted by Crippen LogP contribution is 2.30. The predicted molar refractivity (Wildman–Crippen MR) is 95.6 cm³/mol. The van der Waals surface area contributed by atoms with Crippen LogP contribution < -0.4 is 5.32 Å². The van der Waals surface area contributed by atoms with Crippen LogP contribution in [0.2, 0.25) is 0 Å². The average Bonchev–Trinajstić information content (AvgIpc) is 2.61. The third-order valence-corrected chi connectivity index (χ3v) is 6.94. The molecule has 1 aromatic rings. The fraction of sp³-hybridized carbons (Fsp3) is 0.556. The number of carboxylic acids is 1. The number of nitrogens with one attached hydrogen (secondary N) is 1. The fourth-order valence-corrected chi connectivity index (χ4v) is 3.87. The molecule has 26 heavy (non-hydrogen) atoms. The maximum atomic E-state index is 12.2. The molecule has 8 heteroatoms. The van der Waals surface area contributed by atoms with Gasteiger partial charge in [0.2, 0.25) is 5.91 Å². The molecule has 1 saturated heterocycles. The molecular weight excluding hydrogens is 358 g/mol. The standard InChI is InChI=1S/C18H25NO6S/c1-13(2)26(23,24)15-5-3-14(4-6-15)11-16(20)19-12-18(17(21)22)7-9-25-10-8-18/h3-6,13H,7-12H2,1-2H3,(H,19,20)(H,21,22). The van der Waals surface area contributed by atoms with Crippen molar-refractivity contribution in [3.8, 4) is 0 Å². The number of benzene rings is 1. The molecule has 7 nitrogen and oxygen atoms in total. The molecule has 0 aliphatic carbocycles. The highest BCUT2D eigenvalue weighted by molar-refractivity contribution is 7.92. The second-order valence-corrected chi connectivity index (χ2v) is 9.39. The van der Waals surface area contributed by atoms with Gasteiger partial charge in [0.25, 0.3) is 0 Å². The molecule has 1 aliphatic rings. The van der Waals surface area contributed by atoms with Crippen molar-refractivity contribution in [3.05, 3.63) is 29.8 Å². The van der Waals surface area contributed by atoms with Crippen molar-refractivity contribution in [2.75, 3.05) is 19.8 Å².